The Labute approximate surface area is 111 Å². The summed E-state index contributed by atoms with van der Waals surface area (Å²) in [5.41, 5.74) is 1.65. The summed E-state index contributed by atoms with van der Waals surface area (Å²) < 4.78 is 0. The monoisotopic (exact) mass is 260 g/mol. The van der Waals surface area contributed by atoms with Crippen molar-refractivity contribution in [1.82, 2.24) is 10.3 Å². The molecule has 0 radical (unpaired) electrons. The molecule has 0 aliphatic carbocycles. The Balaban J connectivity index is 1.88. The first kappa shape index (κ1) is 12.6. The maximum Gasteiger partial charge on any atom is 0.252 e. The number of nitrogens with one attached hydrogen (secondary N) is 1. The normalized spacial score (nSPS) is 10.1. The summed E-state index contributed by atoms with van der Waals surface area (Å²) in [6, 6.07) is 10.9. The molecule has 2 rings (SSSR count). The zero-order valence-electron chi connectivity index (χ0n) is 9.77. The van der Waals surface area contributed by atoms with Crippen molar-refractivity contribution in [3.8, 4) is 0 Å². The zero-order valence-corrected chi connectivity index (χ0v) is 10.5. The van der Waals surface area contributed by atoms with E-state index < -0.39 is 0 Å². The topological polar surface area (TPSA) is 42.0 Å². The molecule has 1 N–H and O–H groups in total. The smallest absolute Gasteiger partial charge is 0.252 e. The number of amides is 1. The number of aromatic nitrogens is 1. The highest BCUT2D eigenvalue weighted by Gasteiger charge is 2.08. The van der Waals surface area contributed by atoms with E-state index >= 15 is 0 Å². The van der Waals surface area contributed by atoms with Gasteiger partial charge in [0, 0.05) is 18.9 Å². The fraction of sp³-hybridized carbons (Fsp3) is 0.143. The van der Waals surface area contributed by atoms with Crippen LogP contribution in [0.1, 0.15) is 15.9 Å². The average Bonchev–Trinajstić information content (AvgIpc) is 2.40. The molecule has 1 heterocycles. The van der Waals surface area contributed by atoms with E-state index in [1.54, 1.807) is 36.7 Å². The molecule has 0 fully saturated rings. The van der Waals surface area contributed by atoms with Crippen molar-refractivity contribution >= 4 is 17.5 Å². The molecule has 1 amide bonds. The fourth-order valence-corrected chi connectivity index (χ4v) is 1.83. The molecule has 0 spiro atoms. The average molecular weight is 261 g/mol. The SMILES string of the molecule is O=C(NCCc1ccncc1)c1ccccc1Cl. The number of benzene rings is 1. The van der Waals surface area contributed by atoms with E-state index in [0.29, 0.717) is 17.1 Å². The van der Waals surface area contributed by atoms with Crippen LogP contribution in [0, 0.1) is 0 Å². The second-order valence-electron chi connectivity index (χ2n) is 3.84. The van der Waals surface area contributed by atoms with Crippen LogP contribution in [0.25, 0.3) is 0 Å². The van der Waals surface area contributed by atoms with Crippen molar-refractivity contribution in [3.05, 3.63) is 64.9 Å². The number of carbonyl (C=O) groups is 1. The summed E-state index contributed by atoms with van der Waals surface area (Å²) in [6.07, 6.45) is 4.26. The molecule has 0 saturated heterocycles. The third kappa shape index (κ3) is 3.31. The van der Waals surface area contributed by atoms with Gasteiger partial charge in [-0.2, -0.15) is 0 Å². The van der Waals surface area contributed by atoms with Gasteiger partial charge < -0.3 is 5.32 Å². The van der Waals surface area contributed by atoms with E-state index in [4.69, 9.17) is 11.6 Å². The Hall–Kier alpha value is -1.87. The highest BCUT2D eigenvalue weighted by atomic mass is 35.5. The Morgan fingerprint density at radius 3 is 2.61 bits per heavy atom. The maximum absolute atomic E-state index is 11.8. The molecule has 0 atom stereocenters. The number of pyridine rings is 1. The molecule has 0 aliphatic heterocycles. The van der Waals surface area contributed by atoms with Crippen LogP contribution in [0.4, 0.5) is 0 Å². The largest absolute Gasteiger partial charge is 0.352 e. The lowest BCUT2D eigenvalue weighted by Gasteiger charge is -2.06. The number of nitrogens with zero attached hydrogens (tertiary/aromatic N) is 1. The van der Waals surface area contributed by atoms with Crippen molar-refractivity contribution in [2.45, 2.75) is 6.42 Å². The summed E-state index contributed by atoms with van der Waals surface area (Å²) in [5, 5.41) is 3.32. The van der Waals surface area contributed by atoms with Gasteiger partial charge in [0.25, 0.3) is 5.91 Å². The quantitative estimate of drug-likeness (QED) is 0.918. The molecule has 2 aromatic rings. The number of hydrogen-bond donors (Lipinski definition) is 1. The van der Waals surface area contributed by atoms with E-state index in [9.17, 15) is 4.79 Å². The lowest BCUT2D eigenvalue weighted by Crippen LogP contribution is -2.25. The molecule has 0 bridgehead atoms. The van der Waals surface area contributed by atoms with Gasteiger partial charge in [0.1, 0.15) is 0 Å². The number of hydrogen-bond acceptors (Lipinski definition) is 2. The van der Waals surface area contributed by atoms with Gasteiger partial charge in [0.2, 0.25) is 0 Å². The third-order valence-corrected chi connectivity index (χ3v) is 2.90. The van der Waals surface area contributed by atoms with Crippen LogP contribution < -0.4 is 5.32 Å². The predicted molar refractivity (Wildman–Crippen MR) is 71.7 cm³/mol. The minimum absolute atomic E-state index is 0.144. The van der Waals surface area contributed by atoms with Gasteiger partial charge in [0.15, 0.2) is 0 Å². The van der Waals surface area contributed by atoms with Crippen molar-refractivity contribution < 1.29 is 4.79 Å². The standard InChI is InChI=1S/C14H13ClN2O/c15-13-4-2-1-3-12(13)14(18)17-10-7-11-5-8-16-9-6-11/h1-6,8-9H,7,10H2,(H,17,18). The minimum atomic E-state index is -0.144. The molecule has 0 unspecified atom stereocenters. The van der Waals surface area contributed by atoms with Crippen LogP contribution in [0.15, 0.2) is 48.8 Å². The Morgan fingerprint density at radius 1 is 1.17 bits per heavy atom. The first-order valence-electron chi connectivity index (χ1n) is 5.69. The van der Waals surface area contributed by atoms with Crippen LogP contribution in [0.2, 0.25) is 5.02 Å². The van der Waals surface area contributed by atoms with Crippen molar-refractivity contribution in [1.29, 1.82) is 0 Å². The number of carbonyl (C=O) groups excluding carboxylic acids is 1. The van der Waals surface area contributed by atoms with Gasteiger partial charge in [-0.15, -0.1) is 0 Å². The van der Waals surface area contributed by atoms with Crippen LogP contribution in [-0.2, 0) is 6.42 Å². The summed E-state index contributed by atoms with van der Waals surface area (Å²) in [6.45, 7) is 0.577. The molecule has 0 saturated carbocycles. The van der Waals surface area contributed by atoms with Gasteiger partial charge in [-0.25, -0.2) is 0 Å². The Morgan fingerprint density at radius 2 is 1.89 bits per heavy atom. The lowest BCUT2D eigenvalue weighted by molar-refractivity contribution is 0.0954. The molecule has 1 aromatic carbocycles. The van der Waals surface area contributed by atoms with Crippen molar-refractivity contribution in [2.24, 2.45) is 0 Å². The summed E-state index contributed by atoms with van der Waals surface area (Å²) in [7, 11) is 0. The lowest BCUT2D eigenvalue weighted by atomic mass is 10.2. The van der Waals surface area contributed by atoms with Gasteiger partial charge in [-0.3, -0.25) is 9.78 Å². The molecule has 0 aliphatic rings. The molecule has 18 heavy (non-hydrogen) atoms. The fourth-order valence-electron chi connectivity index (χ4n) is 1.61. The molecular weight excluding hydrogens is 248 g/mol. The summed E-state index contributed by atoms with van der Waals surface area (Å²) in [4.78, 5) is 15.8. The maximum atomic E-state index is 11.8. The Kier molecular flexibility index (Phi) is 4.31. The summed E-state index contributed by atoms with van der Waals surface area (Å²) in [5.74, 6) is -0.144. The van der Waals surface area contributed by atoms with Crippen LogP contribution in [0.5, 0.6) is 0 Å². The Bertz CT molecular complexity index is 528. The van der Waals surface area contributed by atoms with E-state index in [1.165, 1.54) is 0 Å². The van der Waals surface area contributed by atoms with Crippen LogP contribution >= 0.6 is 11.6 Å². The van der Waals surface area contributed by atoms with E-state index in [-0.39, 0.29) is 5.91 Å². The molecule has 92 valence electrons. The predicted octanol–water partition coefficient (Wildman–Crippen LogP) is 2.71. The first-order chi connectivity index (χ1) is 8.77. The van der Waals surface area contributed by atoms with E-state index in [1.807, 2.05) is 12.1 Å². The van der Waals surface area contributed by atoms with E-state index in [0.717, 1.165) is 12.0 Å². The van der Waals surface area contributed by atoms with Crippen LogP contribution in [-0.4, -0.2) is 17.4 Å². The number of halogens is 1. The van der Waals surface area contributed by atoms with Gasteiger partial charge >= 0.3 is 0 Å². The van der Waals surface area contributed by atoms with Gasteiger partial charge in [0.05, 0.1) is 10.6 Å². The molecule has 4 heteroatoms. The number of rotatable bonds is 4. The van der Waals surface area contributed by atoms with Crippen molar-refractivity contribution in [2.75, 3.05) is 6.54 Å². The van der Waals surface area contributed by atoms with E-state index in [2.05, 4.69) is 10.3 Å². The minimum Gasteiger partial charge on any atom is -0.352 e. The third-order valence-electron chi connectivity index (χ3n) is 2.57. The van der Waals surface area contributed by atoms with Crippen molar-refractivity contribution in [3.63, 3.8) is 0 Å². The van der Waals surface area contributed by atoms with Gasteiger partial charge in [-0.05, 0) is 36.2 Å². The molecule has 1 aromatic heterocycles. The summed E-state index contributed by atoms with van der Waals surface area (Å²) >= 11 is 5.95. The van der Waals surface area contributed by atoms with Gasteiger partial charge in [-0.1, -0.05) is 23.7 Å². The zero-order chi connectivity index (χ0) is 12.8. The highest BCUT2D eigenvalue weighted by Crippen LogP contribution is 2.14. The second-order valence-corrected chi connectivity index (χ2v) is 4.25. The van der Waals surface area contributed by atoms with Crippen LogP contribution in [0.3, 0.4) is 0 Å². The molecular formula is C14H13ClN2O. The second kappa shape index (κ2) is 6.17. The molecule has 3 nitrogen and oxygen atoms in total. The first-order valence-corrected chi connectivity index (χ1v) is 6.07. The highest BCUT2D eigenvalue weighted by molar-refractivity contribution is 6.33.